The van der Waals surface area contributed by atoms with Crippen molar-refractivity contribution < 1.29 is 9.90 Å². The molecule has 0 aromatic carbocycles. The van der Waals surface area contributed by atoms with Crippen LogP contribution in [-0.4, -0.2) is 39.7 Å². The van der Waals surface area contributed by atoms with Gasteiger partial charge in [-0.2, -0.15) is 11.8 Å². The van der Waals surface area contributed by atoms with Gasteiger partial charge < -0.3 is 10.0 Å². The van der Waals surface area contributed by atoms with Gasteiger partial charge in [0.05, 0.1) is 0 Å². The van der Waals surface area contributed by atoms with E-state index in [1.54, 1.807) is 11.8 Å². The van der Waals surface area contributed by atoms with E-state index in [2.05, 4.69) is 6.92 Å². The van der Waals surface area contributed by atoms with Crippen molar-refractivity contribution in [1.82, 2.24) is 4.90 Å². The number of hydrogen-bond donors (Lipinski definition) is 1. The van der Waals surface area contributed by atoms with Gasteiger partial charge in [0.1, 0.15) is 12.3 Å². The summed E-state index contributed by atoms with van der Waals surface area (Å²) < 4.78 is 0. The van der Waals surface area contributed by atoms with Crippen molar-refractivity contribution in [2.24, 2.45) is 0 Å². The summed E-state index contributed by atoms with van der Waals surface area (Å²) in [6.07, 6.45) is 2.40. The molecule has 1 fully saturated rings. The monoisotopic (exact) mass is 203 g/mol. The first kappa shape index (κ1) is 10.9. The lowest BCUT2D eigenvalue weighted by atomic mass is 10.2. The molecule has 1 unspecified atom stereocenters. The molecule has 1 saturated heterocycles. The third-order valence-corrected chi connectivity index (χ3v) is 3.76. The first-order valence-electron chi connectivity index (χ1n) is 4.67. The van der Waals surface area contributed by atoms with E-state index in [1.165, 1.54) is 17.7 Å². The van der Waals surface area contributed by atoms with Crippen molar-refractivity contribution in [2.75, 3.05) is 18.2 Å². The molecule has 0 radical (unpaired) electrons. The predicted octanol–water partition coefficient (Wildman–Crippen LogP) is 1.07. The number of nitrogens with zero attached hydrogens (tertiary/aromatic N) is 1. The van der Waals surface area contributed by atoms with Crippen molar-refractivity contribution in [3.05, 3.63) is 0 Å². The van der Waals surface area contributed by atoms with E-state index >= 15 is 0 Å². The maximum atomic E-state index is 11.2. The first-order chi connectivity index (χ1) is 6.16. The average Bonchev–Trinajstić information content (AvgIpc) is 2.64. The number of unbranched alkanes of at least 4 members (excludes halogenated alkanes) is 1. The summed E-state index contributed by atoms with van der Waals surface area (Å²) >= 11 is 1.80. The molecule has 0 saturated carbocycles. The fourth-order valence-corrected chi connectivity index (χ4v) is 2.59. The normalized spacial score (nSPS) is 26.7. The molecule has 1 amide bonds. The quantitative estimate of drug-likeness (QED) is 0.518. The Morgan fingerprint density at radius 2 is 2.31 bits per heavy atom. The average molecular weight is 203 g/mol. The molecule has 76 valence electrons. The van der Waals surface area contributed by atoms with Crippen LogP contribution in [0.5, 0.6) is 0 Å². The lowest BCUT2D eigenvalue weighted by Crippen LogP contribution is -2.18. The van der Waals surface area contributed by atoms with Crippen LogP contribution in [0.2, 0.25) is 0 Å². The second kappa shape index (κ2) is 4.33. The Balaban J connectivity index is 2.19. The number of carbonyl (C=O) groups excluding carboxylic acids is 1. The first-order valence-corrected chi connectivity index (χ1v) is 5.83. The molecule has 13 heavy (non-hydrogen) atoms. The topological polar surface area (TPSA) is 40.3 Å². The van der Waals surface area contributed by atoms with E-state index in [-0.39, 0.29) is 18.2 Å². The number of thioether (sulfide) groups is 1. The van der Waals surface area contributed by atoms with Crippen LogP contribution in [0.15, 0.2) is 0 Å². The van der Waals surface area contributed by atoms with Crippen LogP contribution in [0.4, 0.5) is 0 Å². The van der Waals surface area contributed by atoms with E-state index < -0.39 is 0 Å². The maximum Gasteiger partial charge on any atom is 0.251 e. The van der Waals surface area contributed by atoms with E-state index in [0.717, 1.165) is 11.5 Å². The highest BCUT2D eigenvalue weighted by Crippen LogP contribution is 2.36. The van der Waals surface area contributed by atoms with E-state index in [9.17, 15) is 4.79 Å². The fraction of sp³-hybridized carbons (Fsp3) is 0.889. The summed E-state index contributed by atoms with van der Waals surface area (Å²) in [6, 6.07) is 0. The molecule has 1 aliphatic heterocycles. The summed E-state index contributed by atoms with van der Waals surface area (Å²) in [7, 11) is 0. The summed E-state index contributed by atoms with van der Waals surface area (Å²) in [5.74, 6) is 2.00. The van der Waals surface area contributed by atoms with Crippen molar-refractivity contribution in [2.45, 2.75) is 32.2 Å². The van der Waals surface area contributed by atoms with Gasteiger partial charge in [0.2, 0.25) is 0 Å². The van der Waals surface area contributed by atoms with Gasteiger partial charge in [-0.15, -0.1) is 0 Å². The third-order valence-electron chi connectivity index (χ3n) is 2.42. The Morgan fingerprint density at radius 3 is 2.77 bits per heavy atom. The molecule has 3 nitrogen and oxygen atoms in total. The number of aliphatic hydroxyl groups is 1. The SMILES string of the molecule is CCCCSCC1(C)C(=O)N1CO. The maximum absolute atomic E-state index is 11.2. The predicted molar refractivity (Wildman–Crippen MR) is 54.6 cm³/mol. The molecule has 1 aliphatic rings. The molecule has 1 rings (SSSR count). The fourth-order valence-electron chi connectivity index (χ4n) is 1.28. The summed E-state index contributed by atoms with van der Waals surface area (Å²) in [5.41, 5.74) is -0.368. The van der Waals surface area contributed by atoms with Crippen LogP contribution in [0.3, 0.4) is 0 Å². The van der Waals surface area contributed by atoms with Gasteiger partial charge in [0.25, 0.3) is 5.91 Å². The summed E-state index contributed by atoms with van der Waals surface area (Å²) in [4.78, 5) is 12.7. The van der Waals surface area contributed by atoms with Crippen LogP contribution >= 0.6 is 11.8 Å². The van der Waals surface area contributed by atoms with Gasteiger partial charge >= 0.3 is 0 Å². The molecule has 0 aliphatic carbocycles. The molecule has 0 aromatic rings. The number of rotatable bonds is 6. The Kier molecular flexibility index (Phi) is 3.62. The number of carbonyl (C=O) groups is 1. The standard InChI is InChI=1S/C9H17NO2S/c1-3-4-5-13-6-9(2)8(12)10(9)7-11/h11H,3-7H2,1-2H3. The van der Waals surface area contributed by atoms with E-state index in [4.69, 9.17) is 5.11 Å². The van der Waals surface area contributed by atoms with Gasteiger partial charge in [-0.3, -0.25) is 4.79 Å². The largest absolute Gasteiger partial charge is 0.376 e. The summed E-state index contributed by atoms with van der Waals surface area (Å²) in [6.45, 7) is 3.92. The number of amides is 1. The van der Waals surface area contributed by atoms with Crippen molar-refractivity contribution >= 4 is 17.7 Å². The molecule has 0 spiro atoms. The molecule has 1 atom stereocenters. The molecule has 0 bridgehead atoms. The highest BCUT2D eigenvalue weighted by atomic mass is 32.2. The zero-order chi connectivity index (χ0) is 9.90. The second-order valence-electron chi connectivity index (χ2n) is 3.55. The van der Waals surface area contributed by atoms with Crippen LogP contribution in [0.1, 0.15) is 26.7 Å². The highest BCUT2D eigenvalue weighted by molar-refractivity contribution is 7.99. The Hall–Kier alpha value is -0.220. The lowest BCUT2D eigenvalue weighted by Gasteiger charge is -2.07. The smallest absolute Gasteiger partial charge is 0.251 e. The van der Waals surface area contributed by atoms with Gasteiger partial charge in [-0.25, -0.2) is 0 Å². The minimum Gasteiger partial charge on any atom is -0.376 e. The van der Waals surface area contributed by atoms with Crippen LogP contribution in [0, 0.1) is 0 Å². The molecule has 1 heterocycles. The minimum absolute atomic E-state index is 0.0824. The molecular formula is C9H17NO2S. The molecule has 0 aromatic heterocycles. The zero-order valence-electron chi connectivity index (χ0n) is 8.25. The Morgan fingerprint density at radius 1 is 1.62 bits per heavy atom. The van der Waals surface area contributed by atoms with Crippen molar-refractivity contribution in [1.29, 1.82) is 0 Å². The third kappa shape index (κ3) is 2.17. The van der Waals surface area contributed by atoms with Crippen molar-refractivity contribution in [3.8, 4) is 0 Å². The molecular weight excluding hydrogens is 186 g/mol. The Bertz CT molecular complexity index is 198. The van der Waals surface area contributed by atoms with Gasteiger partial charge in [0.15, 0.2) is 0 Å². The second-order valence-corrected chi connectivity index (χ2v) is 4.66. The van der Waals surface area contributed by atoms with E-state index in [0.29, 0.717) is 0 Å². The Labute approximate surface area is 83.5 Å². The van der Waals surface area contributed by atoms with E-state index in [1.807, 2.05) is 6.92 Å². The molecule has 1 N–H and O–H groups in total. The number of aliphatic hydroxyl groups excluding tert-OH is 1. The van der Waals surface area contributed by atoms with Gasteiger partial charge in [0, 0.05) is 5.75 Å². The summed E-state index contributed by atoms with van der Waals surface area (Å²) in [5, 5.41) is 8.81. The van der Waals surface area contributed by atoms with Crippen LogP contribution in [-0.2, 0) is 4.79 Å². The van der Waals surface area contributed by atoms with Gasteiger partial charge in [-0.05, 0) is 19.1 Å². The molecule has 4 heteroatoms. The van der Waals surface area contributed by atoms with Gasteiger partial charge in [-0.1, -0.05) is 13.3 Å². The lowest BCUT2D eigenvalue weighted by molar-refractivity contribution is -0.115. The minimum atomic E-state index is -0.368. The zero-order valence-corrected chi connectivity index (χ0v) is 9.06. The highest BCUT2D eigenvalue weighted by Gasteiger charge is 2.57. The number of hydrogen-bond acceptors (Lipinski definition) is 3. The van der Waals surface area contributed by atoms with Crippen LogP contribution in [0.25, 0.3) is 0 Å². The van der Waals surface area contributed by atoms with Crippen molar-refractivity contribution in [3.63, 3.8) is 0 Å². The van der Waals surface area contributed by atoms with Crippen LogP contribution < -0.4 is 0 Å².